The monoisotopic (exact) mass is 363 g/mol. The lowest BCUT2D eigenvalue weighted by Gasteiger charge is -2.22. The van der Waals surface area contributed by atoms with Crippen molar-refractivity contribution in [1.82, 2.24) is 4.90 Å². The summed E-state index contributed by atoms with van der Waals surface area (Å²) >= 11 is 0. The molecule has 136 valence electrons. The van der Waals surface area contributed by atoms with Crippen LogP contribution in [0.2, 0.25) is 0 Å². The molecule has 1 aliphatic rings. The van der Waals surface area contributed by atoms with Crippen molar-refractivity contribution in [2.24, 2.45) is 0 Å². The Morgan fingerprint density at radius 2 is 1.65 bits per heavy atom. The number of hydrogen-bond acceptors (Lipinski definition) is 1. The van der Waals surface area contributed by atoms with Crippen molar-refractivity contribution in [3.05, 3.63) is 77.6 Å². The molecule has 1 aliphatic carbocycles. The fraction of sp³-hybridized carbons (Fsp3) is 0.250. The summed E-state index contributed by atoms with van der Waals surface area (Å²) in [5.41, 5.74) is -0.785. The van der Waals surface area contributed by atoms with E-state index in [0.29, 0.717) is 18.9 Å². The maximum atomic E-state index is 13.9. The summed E-state index contributed by atoms with van der Waals surface area (Å²) in [6.45, 7) is -0.0490. The molecule has 1 saturated carbocycles. The molecular weight excluding hydrogens is 346 g/mol. The van der Waals surface area contributed by atoms with Gasteiger partial charge in [-0.1, -0.05) is 48.5 Å². The highest BCUT2D eigenvalue weighted by Gasteiger charge is 2.38. The average molecular weight is 363 g/mol. The Kier molecular flexibility index (Phi) is 5.11. The van der Waals surface area contributed by atoms with E-state index in [9.17, 15) is 22.4 Å². The molecule has 0 aliphatic heterocycles. The first kappa shape index (κ1) is 18.2. The molecule has 3 rings (SSSR count). The van der Waals surface area contributed by atoms with E-state index in [1.165, 1.54) is 47.4 Å². The first-order chi connectivity index (χ1) is 12.4. The molecule has 2 nitrogen and oxygen atoms in total. The molecule has 0 saturated heterocycles. The van der Waals surface area contributed by atoms with Gasteiger partial charge in [-0.15, -0.1) is 0 Å². The standard InChI is InChI=1S/C20H17F4NO/c21-18-9-5-4-8-15(18)13-25(16-10-11-16)19(26)12-17(20(22,23)24)14-6-2-1-3-7-14/h1-9,12,16H,10-11,13H2/b17-12-. The number of carbonyl (C=O) groups excluding carboxylic acids is 1. The lowest BCUT2D eigenvalue weighted by molar-refractivity contribution is -0.127. The van der Waals surface area contributed by atoms with Crippen LogP contribution in [0.15, 0.2) is 60.7 Å². The van der Waals surface area contributed by atoms with E-state index in [2.05, 4.69) is 0 Å². The van der Waals surface area contributed by atoms with Crippen molar-refractivity contribution in [3.63, 3.8) is 0 Å². The molecule has 0 aromatic heterocycles. The molecule has 1 fully saturated rings. The lowest BCUT2D eigenvalue weighted by Crippen LogP contribution is -2.32. The number of nitrogens with zero attached hydrogens (tertiary/aromatic N) is 1. The fourth-order valence-corrected chi connectivity index (χ4v) is 2.74. The fourth-order valence-electron chi connectivity index (χ4n) is 2.74. The molecule has 0 radical (unpaired) electrons. The van der Waals surface area contributed by atoms with Gasteiger partial charge in [0.15, 0.2) is 0 Å². The van der Waals surface area contributed by atoms with Crippen molar-refractivity contribution in [2.45, 2.75) is 31.6 Å². The Morgan fingerprint density at radius 1 is 1.04 bits per heavy atom. The van der Waals surface area contributed by atoms with Crippen LogP contribution in [0.4, 0.5) is 17.6 Å². The van der Waals surface area contributed by atoms with Crippen molar-refractivity contribution in [1.29, 1.82) is 0 Å². The Balaban J connectivity index is 1.91. The number of hydrogen-bond donors (Lipinski definition) is 0. The molecule has 0 bridgehead atoms. The Morgan fingerprint density at radius 3 is 2.23 bits per heavy atom. The van der Waals surface area contributed by atoms with Crippen LogP contribution in [0, 0.1) is 5.82 Å². The number of allylic oxidation sites excluding steroid dienone is 1. The third-order valence-electron chi connectivity index (χ3n) is 4.23. The zero-order chi connectivity index (χ0) is 18.7. The summed E-state index contributed by atoms with van der Waals surface area (Å²) in [5, 5.41) is 0. The van der Waals surface area contributed by atoms with Crippen LogP contribution in [0.5, 0.6) is 0 Å². The van der Waals surface area contributed by atoms with E-state index >= 15 is 0 Å². The maximum absolute atomic E-state index is 13.9. The van der Waals surface area contributed by atoms with Crippen LogP contribution < -0.4 is 0 Å². The normalized spacial score (nSPS) is 15.0. The quantitative estimate of drug-likeness (QED) is 0.543. The smallest absolute Gasteiger partial charge is 0.332 e. The molecule has 0 unspecified atom stereocenters. The SMILES string of the molecule is O=C(/C=C(/c1ccccc1)C(F)(F)F)N(Cc1ccccc1F)C1CC1. The van der Waals surface area contributed by atoms with Gasteiger partial charge in [-0.3, -0.25) is 4.79 Å². The molecule has 2 aromatic carbocycles. The second kappa shape index (κ2) is 7.32. The number of carbonyl (C=O) groups is 1. The largest absolute Gasteiger partial charge is 0.417 e. The van der Waals surface area contributed by atoms with E-state index in [1.54, 1.807) is 12.1 Å². The summed E-state index contributed by atoms with van der Waals surface area (Å²) < 4.78 is 54.2. The van der Waals surface area contributed by atoms with E-state index in [-0.39, 0.29) is 23.7 Å². The van der Waals surface area contributed by atoms with E-state index in [0.717, 1.165) is 0 Å². The van der Waals surface area contributed by atoms with Gasteiger partial charge in [-0.05, 0) is 24.5 Å². The average Bonchev–Trinajstić information content (AvgIpc) is 3.43. The third kappa shape index (κ3) is 4.31. The van der Waals surface area contributed by atoms with Crippen LogP contribution in [0.3, 0.4) is 0 Å². The van der Waals surface area contributed by atoms with Gasteiger partial charge >= 0.3 is 6.18 Å². The molecule has 0 N–H and O–H groups in total. The topological polar surface area (TPSA) is 20.3 Å². The molecule has 0 heterocycles. The highest BCUT2D eigenvalue weighted by Crippen LogP contribution is 2.35. The van der Waals surface area contributed by atoms with Gasteiger partial charge in [-0.25, -0.2) is 4.39 Å². The molecule has 0 atom stereocenters. The van der Waals surface area contributed by atoms with Gasteiger partial charge in [0.05, 0.1) is 5.57 Å². The number of rotatable bonds is 5. The molecule has 2 aromatic rings. The first-order valence-corrected chi connectivity index (χ1v) is 8.24. The zero-order valence-electron chi connectivity index (χ0n) is 13.8. The van der Waals surface area contributed by atoms with Crippen LogP contribution in [0.25, 0.3) is 5.57 Å². The minimum atomic E-state index is -4.66. The summed E-state index contributed by atoms with van der Waals surface area (Å²) in [6, 6.07) is 13.0. The third-order valence-corrected chi connectivity index (χ3v) is 4.23. The predicted molar refractivity (Wildman–Crippen MR) is 90.4 cm³/mol. The van der Waals surface area contributed by atoms with Crippen molar-refractivity contribution in [2.75, 3.05) is 0 Å². The minimum Gasteiger partial charge on any atom is -0.332 e. The summed E-state index contributed by atoms with van der Waals surface area (Å²) in [4.78, 5) is 13.9. The predicted octanol–water partition coefficient (Wildman–Crippen LogP) is 4.96. The first-order valence-electron chi connectivity index (χ1n) is 8.24. The van der Waals surface area contributed by atoms with Gasteiger partial charge in [0.1, 0.15) is 5.82 Å². The van der Waals surface area contributed by atoms with E-state index in [4.69, 9.17) is 0 Å². The van der Waals surface area contributed by atoms with Crippen molar-refractivity contribution < 1.29 is 22.4 Å². The summed E-state index contributed by atoms with van der Waals surface area (Å²) in [5.74, 6) is -1.24. The Hall–Kier alpha value is -2.63. The Labute approximate surface area is 148 Å². The second-order valence-electron chi connectivity index (χ2n) is 6.21. The van der Waals surface area contributed by atoms with E-state index in [1.807, 2.05) is 0 Å². The van der Waals surface area contributed by atoms with Gasteiger partial charge in [0, 0.05) is 24.2 Å². The Bertz CT molecular complexity index is 810. The highest BCUT2D eigenvalue weighted by atomic mass is 19.4. The van der Waals surface area contributed by atoms with Crippen LogP contribution in [-0.4, -0.2) is 23.0 Å². The zero-order valence-corrected chi connectivity index (χ0v) is 13.8. The number of halogens is 4. The van der Waals surface area contributed by atoms with Gasteiger partial charge < -0.3 is 4.90 Å². The van der Waals surface area contributed by atoms with Crippen molar-refractivity contribution in [3.8, 4) is 0 Å². The van der Waals surface area contributed by atoms with E-state index < -0.39 is 23.5 Å². The number of benzene rings is 2. The minimum absolute atomic E-state index is 0.0490. The lowest BCUT2D eigenvalue weighted by atomic mass is 10.0. The number of amides is 1. The molecule has 26 heavy (non-hydrogen) atoms. The highest BCUT2D eigenvalue weighted by molar-refractivity contribution is 5.96. The second-order valence-corrected chi connectivity index (χ2v) is 6.21. The van der Waals surface area contributed by atoms with Gasteiger partial charge in [-0.2, -0.15) is 13.2 Å². The van der Waals surface area contributed by atoms with Crippen LogP contribution in [0.1, 0.15) is 24.0 Å². The molecule has 1 amide bonds. The maximum Gasteiger partial charge on any atom is 0.417 e. The number of alkyl halides is 3. The summed E-state index contributed by atoms with van der Waals surface area (Å²) in [7, 11) is 0. The summed E-state index contributed by atoms with van der Waals surface area (Å²) in [6.07, 6.45) is -2.62. The molecule has 6 heteroatoms. The van der Waals surface area contributed by atoms with Crippen LogP contribution >= 0.6 is 0 Å². The van der Waals surface area contributed by atoms with Gasteiger partial charge in [0.25, 0.3) is 0 Å². The van der Waals surface area contributed by atoms with Gasteiger partial charge in [0.2, 0.25) is 5.91 Å². The molecular formula is C20H17F4NO. The van der Waals surface area contributed by atoms with Crippen LogP contribution in [-0.2, 0) is 11.3 Å². The molecule has 0 spiro atoms. The van der Waals surface area contributed by atoms with Crippen molar-refractivity contribution >= 4 is 11.5 Å².